The second-order valence-corrected chi connectivity index (χ2v) is 5.45. The topological polar surface area (TPSA) is 49.9 Å². The van der Waals surface area contributed by atoms with Crippen molar-refractivity contribution >= 4 is 12.0 Å². The van der Waals surface area contributed by atoms with Crippen LogP contribution >= 0.6 is 0 Å². The van der Waals surface area contributed by atoms with Crippen LogP contribution in [-0.4, -0.2) is 54.6 Å². The van der Waals surface area contributed by atoms with Gasteiger partial charge in [-0.2, -0.15) is 0 Å². The molecule has 19 heavy (non-hydrogen) atoms. The van der Waals surface area contributed by atoms with E-state index >= 15 is 0 Å². The third-order valence-corrected chi connectivity index (χ3v) is 4.13. The van der Waals surface area contributed by atoms with E-state index in [2.05, 4.69) is 0 Å². The first-order valence-corrected chi connectivity index (χ1v) is 7.34. The van der Waals surface area contributed by atoms with Crippen LogP contribution in [0.1, 0.15) is 44.9 Å². The molecule has 0 radical (unpaired) electrons. The zero-order chi connectivity index (χ0) is 13.7. The van der Waals surface area contributed by atoms with Gasteiger partial charge in [0.15, 0.2) is 0 Å². The van der Waals surface area contributed by atoms with E-state index < -0.39 is 0 Å². The standard InChI is InChI=1S/C14H24N2O3/c1-19-13(17)11-12-7-3-6-10-16(12)14(18)15-8-4-2-5-9-15/h12H,2-11H2,1H3. The number of carbonyl (C=O) groups excluding carboxylic acids is 2. The number of amides is 2. The van der Waals surface area contributed by atoms with Crippen LogP contribution in [0.5, 0.6) is 0 Å². The van der Waals surface area contributed by atoms with Crippen LogP contribution in [-0.2, 0) is 9.53 Å². The van der Waals surface area contributed by atoms with Gasteiger partial charge in [0.25, 0.3) is 0 Å². The molecule has 2 saturated heterocycles. The highest BCUT2D eigenvalue weighted by atomic mass is 16.5. The van der Waals surface area contributed by atoms with Crippen molar-refractivity contribution < 1.29 is 14.3 Å². The largest absolute Gasteiger partial charge is 0.469 e. The van der Waals surface area contributed by atoms with E-state index in [1.165, 1.54) is 13.5 Å². The van der Waals surface area contributed by atoms with Gasteiger partial charge in [-0.05, 0) is 38.5 Å². The number of rotatable bonds is 2. The normalized spacial score (nSPS) is 24.2. The Labute approximate surface area is 114 Å². The SMILES string of the molecule is COC(=O)CC1CCCCN1C(=O)N1CCCCC1. The van der Waals surface area contributed by atoms with Gasteiger partial charge in [0.2, 0.25) is 0 Å². The molecular formula is C14H24N2O3. The van der Waals surface area contributed by atoms with Crippen LogP contribution in [0.2, 0.25) is 0 Å². The Morgan fingerprint density at radius 2 is 1.74 bits per heavy atom. The number of urea groups is 1. The second-order valence-electron chi connectivity index (χ2n) is 5.45. The molecule has 2 aliphatic rings. The molecular weight excluding hydrogens is 244 g/mol. The molecule has 0 aliphatic carbocycles. The number of likely N-dealkylation sites (tertiary alicyclic amines) is 2. The summed E-state index contributed by atoms with van der Waals surface area (Å²) < 4.78 is 4.74. The molecule has 5 nitrogen and oxygen atoms in total. The van der Waals surface area contributed by atoms with Crippen molar-refractivity contribution in [3.05, 3.63) is 0 Å². The predicted octanol–water partition coefficient (Wildman–Crippen LogP) is 2.01. The van der Waals surface area contributed by atoms with Crippen molar-refractivity contribution in [1.82, 2.24) is 9.80 Å². The summed E-state index contributed by atoms with van der Waals surface area (Å²) in [6.45, 7) is 2.50. The van der Waals surface area contributed by atoms with Gasteiger partial charge in [-0.3, -0.25) is 4.79 Å². The van der Waals surface area contributed by atoms with E-state index in [0.717, 1.165) is 51.7 Å². The maximum absolute atomic E-state index is 12.5. The lowest BCUT2D eigenvalue weighted by Gasteiger charge is -2.39. The molecule has 108 valence electrons. The molecule has 0 N–H and O–H groups in total. The Bertz CT molecular complexity index is 327. The fourth-order valence-electron chi connectivity index (χ4n) is 3.01. The van der Waals surface area contributed by atoms with Gasteiger partial charge in [-0.1, -0.05) is 0 Å². The minimum atomic E-state index is -0.219. The lowest BCUT2D eigenvalue weighted by molar-refractivity contribution is -0.142. The van der Waals surface area contributed by atoms with Crippen LogP contribution < -0.4 is 0 Å². The summed E-state index contributed by atoms with van der Waals surface area (Å²) in [7, 11) is 1.40. The van der Waals surface area contributed by atoms with E-state index in [1.54, 1.807) is 0 Å². The van der Waals surface area contributed by atoms with Gasteiger partial charge >= 0.3 is 12.0 Å². The smallest absolute Gasteiger partial charge is 0.320 e. The molecule has 0 saturated carbocycles. The van der Waals surface area contributed by atoms with Crippen LogP contribution in [0.25, 0.3) is 0 Å². The van der Waals surface area contributed by atoms with Gasteiger partial charge in [-0.25, -0.2) is 4.79 Å². The van der Waals surface area contributed by atoms with Crippen molar-refractivity contribution in [3.63, 3.8) is 0 Å². The number of ether oxygens (including phenoxy) is 1. The summed E-state index contributed by atoms with van der Waals surface area (Å²) >= 11 is 0. The van der Waals surface area contributed by atoms with Crippen LogP contribution in [0.15, 0.2) is 0 Å². The summed E-state index contributed by atoms with van der Waals surface area (Å²) in [6, 6.07) is 0.143. The fourth-order valence-corrected chi connectivity index (χ4v) is 3.01. The molecule has 1 atom stereocenters. The quantitative estimate of drug-likeness (QED) is 0.720. The summed E-state index contributed by atoms with van der Waals surface area (Å²) in [4.78, 5) is 27.8. The summed E-state index contributed by atoms with van der Waals surface area (Å²) in [5, 5.41) is 0. The van der Waals surface area contributed by atoms with Crippen molar-refractivity contribution in [1.29, 1.82) is 0 Å². The van der Waals surface area contributed by atoms with Crippen LogP contribution in [0.4, 0.5) is 4.79 Å². The summed E-state index contributed by atoms with van der Waals surface area (Å²) in [5.74, 6) is -0.219. The lowest BCUT2D eigenvalue weighted by atomic mass is 9.99. The first kappa shape index (κ1) is 14.2. The van der Waals surface area contributed by atoms with Crippen molar-refractivity contribution in [2.45, 2.75) is 51.0 Å². The van der Waals surface area contributed by atoms with Gasteiger partial charge < -0.3 is 14.5 Å². The third-order valence-electron chi connectivity index (χ3n) is 4.13. The third kappa shape index (κ3) is 3.61. The van der Waals surface area contributed by atoms with E-state index in [-0.39, 0.29) is 18.0 Å². The number of carbonyl (C=O) groups is 2. The van der Waals surface area contributed by atoms with E-state index in [4.69, 9.17) is 4.74 Å². The van der Waals surface area contributed by atoms with Crippen molar-refractivity contribution in [3.8, 4) is 0 Å². The molecule has 0 bridgehead atoms. The molecule has 5 heteroatoms. The van der Waals surface area contributed by atoms with Crippen molar-refractivity contribution in [2.24, 2.45) is 0 Å². The van der Waals surface area contributed by atoms with Crippen LogP contribution in [0.3, 0.4) is 0 Å². The zero-order valence-corrected chi connectivity index (χ0v) is 11.8. The average molecular weight is 268 g/mol. The fraction of sp³-hybridized carbons (Fsp3) is 0.857. The molecule has 0 aromatic carbocycles. The molecule has 2 aliphatic heterocycles. The Balaban J connectivity index is 1.97. The molecule has 2 rings (SSSR count). The first-order chi connectivity index (χ1) is 9.22. The lowest BCUT2D eigenvalue weighted by Crippen LogP contribution is -2.52. The predicted molar refractivity (Wildman–Crippen MR) is 71.8 cm³/mol. The maximum Gasteiger partial charge on any atom is 0.320 e. The first-order valence-electron chi connectivity index (χ1n) is 7.34. The van der Waals surface area contributed by atoms with Crippen molar-refractivity contribution in [2.75, 3.05) is 26.7 Å². The van der Waals surface area contributed by atoms with E-state index in [1.807, 2.05) is 9.80 Å². The highest BCUT2D eigenvalue weighted by Gasteiger charge is 2.31. The highest BCUT2D eigenvalue weighted by Crippen LogP contribution is 2.23. The molecule has 0 aromatic heterocycles. The number of esters is 1. The molecule has 2 amide bonds. The summed E-state index contributed by atoms with van der Waals surface area (Å²) in [5.41, 5.74) is 0. The number of methoxy groups -OCH3 is 1. The molecule has 2 heterocycles. The Morgan fingerprint density at radius 1 is 1.05 bits per heavy atom. The Hall–Kier alpha value is -1.26. The summed E-state index contributed by atoms with van der Waals surface area (Å²) in [6.07, 6.45) is 6.78. The highest BCUT2D eigenvalue weighted by molar-refractivity contribution is 5.76. The Kier molecular flexibility index (Phi) is 5.05. The second kappa shape index (κ2) is 6.78. The molecule has 2 fully saturated rings. The molecule has 0 spiro atoms. The minimum Gasteiger partial charge on any atom is -0.469 e. The molecule has 1 unspecified atom stereocenters. The monoisotopic (exact) mass is 268 g/mol. The van der Waals surface area contributed by atoms with Gasteiger partial charge in [-0.15, -0.1) is 0 Å². The maximum atomic E-state index is 12.5. The Morgan fingerprint density at radius 3 is 2.42 bits per heavy atom. The van der Waals surface area contributed by atoms with Gasteiger partial charge in [0.05, 0.1) is 13.5 Å². The average Bonchev–Trinajstić information content (AvgIpc) is 2.48. The van der Waals surface area contributed by atoms with Crippen LogP contribution in [0, 0.1) is 0 Å². The number of nitrogens with zero attached hydrogens (tertiary/aromatic N) is 2. The zero-order valence-electron chi connectivity index (χ0n) is 11.8. The molecule has 0 aromatic rings. The van der Waals surface area contributed by atoms with E-state index in [0.29, 0.717) is 6.42 Å². The van der Waals surface area contributed by atoms with E-state index in [9.17, 15) is 9.59 Å². The number of hydrogen-bond donors (Lipinski definition) is 0. The minimum absolute atomic E-state index is 0.0237. The van der Waals surface area contributed by atoms with Gasteiger partial charge in [0.1, 0.15) is 0 Å². The number of piperidine rings is 2. The number of hydrogen-bond acceptors (Lipinski definition) is 3. The van der Waals surface area contributed by atoms with Gasteiger partial charge in [0, 0.05) is 25.7 Å².